The van der Waals surface area contributed by atoms with Gasteiger partial charge < -0.3 is 24.4 Å². The fourth-order valence-corrected chi connectivity index (χ4v) is 5.01. The van der Waals surface area contributed by atoms with Crippen molar-refractivity contribution < 1.29 is 23.8 Å². The fourth-order valence-electron chi connectivity index (χ4n) is 5.01. The molecule has 1 atom stereocenters. The monoisotopic (exact) mass is 540 g/mol. The lowest BCUT2D eigenvalue weighted by molar-refractivity contribution is -0.126. The van der Waals surface area contributed by atoms with Crippen molar-refractivity contribution in [2.24, 2.45) is 5.92 Å². The van der Waals surface area contributed by atoms with Crippen LogP contribution in [0.15, 0.2) is 54.6 Å². The topological polar surface area (TPSA) is 77.1 Å². The van der Waals surface area contributed by atoms with Gasteiger partial charge >= 0.3 is 6.09 Å². The van der Waals surface area contributed by atoms with E-state index in [0.717, 1.165) is 30.4 Å². The van der Waals surface area contributed by atoms with Crippen LogP contribution < -0.4 is 10.1 Å². The van der Waals surface area contributed by atoms with Gasteiger partial charge in [-0.3, -0.25) is 4.79 Å². The first-order chi connectivity index (χ1) is 18.7. The van der Waals surface area contributed by atoms with Crippen molar-refractivity contribution in [2.45, 2.75) is 76.9 Å². The Balaban J connectivity index is 0.000000686. The maximum atomic E-state index is 12.3. The quantitative estimate of drug-likeness (QED) is 0.439. The average molecular weight is 541 g/mol. The van der Waals surface area contributed by atoms with Crippen LogP contribution in [0.5, 0.6) is 5.75 Å². The SMILES string of the molecule is CC(C)(C)OC(=O)N1CCC(Oc2cccc(CC3CCC(c4ccccc4)CC3)c2)C1.CNC.COC=O. The highest BCUT2D eigenvalue weighted by Gasteiger charge is 2.31. The maximum absolute atomic E-state index is 12.3. The lowest BCUT2D eigenvalue weighted by atomic mass is 9.77. The summed E-state index contributed by atoms with van der Waals surface area (Å²) in [5, 5.41) is 2.75. The number of rotatable bonds is 6. The lowest BCUT2D eigenvalue weighted by Crippen LogP contribution is -2.36. The summed E-state index contributed by atoms with van der Waals surface area (Å²) >= 11 is 0. The minimum absolute atomic E-state index is 0.0269. The molecule has 7 heteroatoms. The lowest BCUT2D eigenvalue weighted by Gasteiger charge is -2.29. The third-order valence-corrected chi connectivity index (χ3v) is 6.74. The van der Waals surface area contributed by atoms with Crippen LogP contribution in [-0.2, 0) is 20.7 Å². The molecule has 7 nitrogen and oxygen atoms in total. The van der Waals surface area contributed by atoms with E-state index in [-0.39, 0.29) is 12.2 Å². The highest BCUT2D eigenvalue weighted by atomic mass is 16.6. The van der Waals surface area contributed by atoms with Crippen molar-refractivity contribution in [2.75, 3.05) is 34.3 Å². The number of hydrogen-bond acceptors (Lipinski definition) is 6. The van der Waals surface area contributed by atoms with Gasteiger partial charge in [-0.1, -0.05) is 42.5 Å². The molecule has 2 fully saturated rings. The molecule has 39 heavy (non-hydrogen) atoms. The molecule has 1 aliphatic heterocycles. The Morgan fingerprint density at radius 2 is 1.64 bits per heavy atom. The zero-order chi connectivity index (χ0) is 28.7. The van der Waals surface area contributed by atoms with Crippen LogP contribution in [0.3, 0.4) is 0 Å². The number of likely N-dealkylation sites (tertiary alicyclic amines) is 1. The zero-order valence-electron chi connectivity index (χ0n) is 24.7. The number of ether oxygens (including phenoxy) is 3. The van der Waals surface area contributed by atoms with Crippen molar-refractivity contribution in [3.63, 3.8) is 0 Å². The van der Waals surface area contributed by atoms with Crippen LogP contribution in [0.4, 0.5) is 4.79 Å². The molecule has 0 aromatic heterocycles. The summed E-state index contributed by atoms with van der Waals surface area (Å²) in [5.41, 5.74) is 2.39. The summed E-state index contributed by atoms with van der Waals surface area (Å²) in [6, 6.07) is 19.5. The third-order valence-electron chi connectivity index (χ3n) is 6.74. The van der Waals surface area contributed by atoms with Crippen LogP contribution >= 0.6 is 0 Å². The molecular weight excluding hydrogens is 492 g/mol. The Hall–Kier alpha value is -3.06. The summed E-state index contributed by atoms with van der Waals surface area (Å²) in [6.07, 6.45) is 6.89. The van der Waals surface area contributed by atoms with Crippen LogP contribution in [-0.4, -0.2) is 63.5 Å². The summed E-state index contributed by atoms with van der Waals surface area (Å²) < 4.78 is 15.6. The van der Waals surface area contributed by atoms with Gasteiger partial charge in [-0.05, 0) is 102 Å². The number of nitrogens with one attached hydrogen (secondary N) is 1. The van der Waals surface area contributed by atoms with Gasteiger partial charge in [0.1, 0.15) is 17.5 Å². The van der Waals surface area contributed by atoms with Gasteiger partial charge in [-0.15, -0.1) is 0 Å². The molecule has 4 rings (SSSR count). The molecule has 1 saturated carbocycles. The minimum Gasteiger partial charge on any atom is -0.489 e. The largest absolute Gasteiger partial charge is 0.489 e. The normalized spacial score (nSPS) is 20.5. The van der Waals surface area contributed by atoms with E-state index in [4.69, 9.17) is 14.3 Å². The second-order valence-corrected chi connectivity index (χ2v) is 11.3. The fraction of sp³-hybridized carbons (Fsp3) is 0.562. The highest BCUT2D eigenvalue weighted by Crippen LogP contribution is 2.37. The molecule has 1 unspecified atom stereocenters. The predicted molar refractivity (Wildman–Crippen MR) is 156 cm³/mol. The van der Waals surface area contributed by atoms with Gasteiger partial charge in [-0.25, -0.2) is 4.79 Å². The van der Waals surface area contributed by atoms with E-state index in [1.807, 2.05) is 40.9 Å². The molecular formula is C32H48N2O5. The molecule has 0 spiro atoms. The van der Waals surface area contributed by atoms with Crippen molar-refractivity contribution in [1.82, 2.24) is 10.2 Å². The molecule has 1 aliphatic carbocycles. The highest BCUT2D eigenvalue weighted by molar-refractivity contribution is 5.68. The first-order valence-electron chi connectivity index (χ1n) is 14.0. The van der Waals surface area contributed by atoms with Crippen molar-refractivity contribution >= 4 is 12.6 Å². The summed E-state index contributed by atoms with van der Waals surface area (Å²) in [6.45, 7) is 7.34. The molecule has 1 N–H and O–H groups in total. The zero-order valence-corrected chi connectivity index (χ0v) is 24.7. The number of benzene rings is 2. The molecule has 0 bridgehead atoms. The van der Waals surface area contributed by atoms with Crippen LogP contribution in [0, 0.1) is 5.92 Å². The second-order valence-electron chi connectivity index (χ2n) is 11.3. The first-order valence-corrected chi connectivity index (χ1v) is 14.0. The smallest absolute Gasteiger partial charge is 0.410 e. The summed E-state index contributed by atoms with van der Waals surface area (Å²) in [4.78, 5) is 23.0. The standard InChI is InChI=1S/C28H37NO3.C2H7N.C2H4O2/c1-28(2,3)32-27(30)29-17-16-26(20-29)31-25-11-7-8-22(19-25)18-21-12-14-24(15-13-21)23-9-5-4-6-10-23;1-3-2;1-4-2-3/h4-11,19,21,24,26H,12-18,20H2,1-3H3;3H,1-2H3;2H,1H3. The van der Waals surface area contributed by atoms with Crippen LogP contribution in [0.25, 0.3) is 0 Å². The summed E-state index contributed by atoms with van der Waals surface area (Å²) in [5.74, 6) is 2.38. The number of carbonyl (C=O) groups excluding carboxylic acids is 2. The third kappa shape index (κ3) is 12.1. The number of carbonyl (C=O) groups is 2. The van der Waals surface area contributed by atoms with E-state index < -0.39 is 5.60 Å². The van der Waals surface area contributed by atoms with E-state index in [2.05, 4.69) is 58.6 Å². The van der Waals surface area contributed by atoms with E-state index in [9.17, 15) is 4.79 Å². The Kier molecular flexibility index (Phi) is 13.9. The second kappa shape index (κ2) is 16.8. The van der Waals surface area contributed by atoms with Crippen LogP contribution in [0.2, 0.25) is 0 Å². The number of amides is 1. The number of hydrogen-bond donors (Lipinski definition) is 1. The van der Waals surface area contributed by atoms with Gasteiger partial charge in [0, 0.05) is 13.0 Å². The molecule has 2 aromatic carbocycles. The average Bonchev–Trinajstić information content (AvgIpc) is 3.38. The molecule has 1 amide bonds. The predicted octanol–water partition coefficient (Wildman–Crippen LogP) is 6.22. The number of nitrogens with zero attached hydrogens (tertiary/aromatic N) is 1. The van der Waals surface area contributed by atoms with E-state index >= 15 is 0 Å². The Labute approximate surface area is 235 Å². The number of methoxy groups -OCH3 is 1. The minimum atomic E-state index is -0.468. The molecule has 0 radical (unpaired) electrons. The van der Waals surface area contributed by atoms with Gasteiger partial charge in [0.2, 0.25) is 0 Å². The molecule has 1 saturated heterocycles. The van der Waals surface area contributed by atoms with Gasteiger partial charge in [-0.2, -0.15) is 0 Å². The van der Waals surface area contributed by atoms with Crippen molar-refractivity contribution in [3.05, 3.63) is 65.7 Å². The van der Waals surface area contributed by atoms with Crippen molar-refractivity contribution in [1.29, 1.82) is 0 Å². The van der Waals surface area contributed by atoms with Gasteiger partial charge in [0.25, 0.3) is 6.47 Å². The Morgan fingerprint density at radius 1 is 1.00 bits per heavy atom. The molecule has 2 aromatic rings. The Bertz CT molecular complexity index is 968. The van der Waals surface area contributed by atoms with Gasteiger partial charge in [0.05, 0.1) is 13.7 Å². The first kappa shape index (κ1) is 32.2. The Morgan fingerprint density at radius 3 is 2.23 bits per heavy atom. The molecule has 1 heterocycles. The van der Waals surface area contributed by atoms with Crippen LogP contribution in [0.1, 0.15) is 69.9 Å². The van der Waals surface area contributed by atoms with E-state index in [1.165, 1.54) is 43.9 Å². The van der Waals surface area contributed by atoms with Gasteiger partial charge in [0.15, 0.2) is 0 Å². The molecule has 216 valence electrons. The summed E-state index contributed by atoms with van der Waals surface area (Å²) in [7, 11) is 5.06. The van der Waals surface area contributed by atoms with E-state index in [1.54, 1.807) is 4.90 Å². The van der Waals surface area contributed by atoms with Crippen molar-refractivity contribution in [3.8, 4) is 5.75 Å². The molecule has 2 aliphatic rings. The van der Waals surface area contributed by atoms with E-state index in [0.29, 0.717) is 19.6 Å². The maximum Gasteiger partial charge on any atom is 0.410 e.